The second kappa shape index (κ2) is 8.80. The Balaban J connectivity index is 1.49. The Kier molecular flexibility index (Phi) is 5.77. The molecule has 1 aromatic heterocycles. The van der Waals surface area contributed by atoms with Crippen molar-refractivity contribution < 1.29 is 14.6 Å². The smallest absolute Gasteiger partial charge is 0.148 e. The van der Waals surface area contributed by atoms with Crippen molar-refractivity contribution in [3.8, 4) is 11.5 Å². The molecule has 0 unspecified atom stereocenters. The molecule has 0 aliphatic rings. The van der Waals surface area contributed by atoms with E-state index < -0.39 is 6.10 Å². The lowest BCUT2D eigenvalue weighted by Gasteiger charge is -2.16. The molecular formula is C24H24N2O3. The SMILES string of the molecule is Cc1ccc(OCc2nc3ccccc3n2C[C@H](O)COc2ccccc2)cc1. The van der Waals surface area contributed by atoms with Crippen LogP contribution in [-0.4, -0.2) is 27.4 Å². The Bertz CT molecular complexity index is 1060. The fraction of sp³-hybridized carbons (Fsp3) is 0.208. The van der Waals surface area contributed by atoms with Crippen molar-refractivity contribution in [2.24, 2.45) is 0 Å². The number of hydrogen-bond donors (Lipinski definition) is 1. The van der Waals surface area contributed by atoms with Gasteiger partial charge in [-0.1, -0.05) is 48.0 Å². The maximum Gasteiger partial charge on any atom is 0.148 e. The second-order valence-electron chi connectivity index (χ2n) is 7.01. The van der Waals surface area contributed by atoms with E-state index in [1.165, 1.54) is 5.56 Å². The van der Waals surface area contributed by atoms with Gasteiger partial charge < -0.3 is 19.1 Å². The van der Waals surface area contributed by atoms with Gasteiger partial charge in [0, 0.05) is 0 Å². The van der Waals surface area contributed by atoms with Crippen LogP contribution in [0.15, 0.2) is 78.9 Å². The van der Waals surface area contributed by atoms with Crippen molar-refractivity contribution in [3.63, 3.8) is 0 Å². The number of aryl methyl sites for hydroxylation is 1. The summed E-state index contributed by atoms with van der Waals surface area (Å²) in [5, 5.41) is 10.6. The Labute approximate surface area is 170 Å². The molecular weight excluding hydrogens is 364 g/mol. The maximum absolute atomic E-state index is 10.6. The molecule has 0 radical (unpaired) electrons. The van der Waals surface area contributed by atoms with E-state index in [-0.39, 0.29) is 6.61 Å². The normalized spacial score (nSPS) is 12.1. The van der Waals surface area contributed by atoms with Crippen molar-refractivity contribution >= 4 is 11.0 Å². The molecule has 148 valence electrons. The number of imidazole rings is 1. The van der Waals surface area contributed by atoms with Crippen molar-refractivity contribution in [1.29, 1.82) is 0 Å². The number of ether oxygens (including phenoxy) is 2. The minimum absolute atomic E-state index is 0.203. The Morgan fingerprint density at radius 2 is 1.55 bits per heavy atom. The third-order valence-electron chi connectivity index (χ3n) is 4.70. The molecule has 0 saturated carbocycles. The van der Waals surface area contributed by atoms with Crippen LogP contribution in [0, 0.1) is 6.92 Å². The number of hydrogen-bond acceptors (Lipinski definition) is 4. The number of aliphatic hydroxyl groups excluding tert-OH is 1. The number of fused-ring (bicyclic) bond motifs is 1. The Morgan fingerprint density at radius 1 is 0.862 bits per heavy atom. The lowest BCUT2D eigenvalue weighted by atomic mass is 10.2. The van der Waals surface area contributed by atoms with E-state index in [1.807, 2.05) is 90.4 Å². The van der Waals surface area contributed by atoms with E-state index in [0.29, 0.717) is 13.2 Å². The summed E-state index contributed by atoms with van der Waals surface area (Å²) in [5.41, 5.74) is 3.03. The van der Waals surface area contributed by atoms with Gasteiger partial charge in [0.05, 0.1) is 17.6 Å². The summed E-state index contributed by atoms with van der Waals surface area (Å²) in [6.07, 6.45) is -0.675. The van der Waals surface area contributed by atoms with Gasteiger partial charge in [-0.05, 0) is 43.3 Å². The number of aliphatic hydroxyl groups is 1. The number of rotatable bonds is 8. The molecule has 29 heavy (non-hydrogen) atoms. The molecule has 3 aromatic carbocycles. The van der Waals surface area contributed by atoms with E-state index in [9.17, 15) is 5.11 Å². The first-order chi connectivity index (χ1) is 14.2. The van der Waals surface area contributed by atoms with E-state index in [1.54, 1.807) is 0 Å². The number of para-hydroxylation sites is 3. The summed E-state index contributed by atoms with van der Waals surface area (Å²) in [6, 6.07) is 25.3. The van der Waals surface area contributed by atoms with Gasteiger partial charge in [-0.3, -0.25) is 0 Å². The maximum atomic E-state index is 10.6. The van der Waals surface area contributed by atoms with Crippen LogP contribution in [0.25, 0.3) is 11.0 Å². The van der Waals surface area contributed by atoms with Crippen LogP contribution < -0.4 is 9.47 Å². The summed E-state index contributed by atoms with van der Waals surface area (Å²) in [7, 11) is 0. The molecule has 4 aromatic rings. The largest absolute Gasteiger partial charge is 0.491 e. The lowest BCUT2D eigenvalue weighted by Crippen LogP contribution is -2.25. The van der Waals surface area contributed by atoms with Crippen LogP contribution in [-0.2, 0) is 13.2 Å². The highest BCUT2D eigenvalue weighted by Gasteiger charge is 2.15. The van der Waals surface area contributed by atoms with Crippen molar-refractivity contribution in [3.05, 3.63) is 90.3 Å². The van der Waals surface area contributed by atoms with Crippen LogP contribution in [0.5, 0.6) is 11.5 Å². The van der Waals surface area contributed by atoms with Crippen molar-refractivity contribution in [1.82, 2.24) is 9.55 Å². The number of benzene rings is 3. The van der Waals surface area contributed by atoms with Crippen LogP contribution in [0.3, 0.4) is 0 Å². The first-order valence-electron chi connectivity index (χ1n) is 9.68. The van der Waals surface area contributed by atoms with Gasteiger partial charge in [0.1, 0.15) is 36.6 Å². The highest BCUT2D eigenvalue weighted by Crippen LogP contribution is 2.19. The van der Waals surface area contributed by atoms with Crippen LogP contribution >= 0.6 is 0 Å². The third kappa shape index (κ3) is 4.76. The topological polar surface area (TPSA) is 56.5 Å². The summed E-state index contributed by atoms with van der Waals surface area (Å²) in [5.74, 6) is 2.30. The molecule has 0 aliphatic heterocycles. The molecule has 0 spiro atoms. The zero-order valence-electron chi connectivity index (χ0n) is 16.4. The Hall–Kier alpha value is -3.31. The Morgan fingerprint density at radius 3 is 2.34 bits per heavy atom. The fourth-order valence-corrected chi connectivity index (χ4v) is 3.19. The molecule has 5 heteroatoms. The lowest BCUT2D eigenvalue weighted by molar-refractivity contribution is 0.0917. The average molecular weight is 388 g/mol. The van der Waals surface area contributed by atoms with E-state index in [4.69, 9.17) is 14.5 Å². The minimum Gasteiger partial charge on any atom is -0.491 e. The monoisotopic (exact) mass is 388 g/mol. The van der Waals surface area contributed by atoms with Gasteiger partial charge in [-0.15, -0.1) is 0 Å². The zero-order valence-corrected chi connectivity index (χ0v) is 16.4. The summed E-state index contributed by atoms with van der Waals surface area (Å²) < 4.78 is 13.6. The van der Waals surface area contributed by atoms with Gasteiger partial charge in [0.25, 0.3) is 0 Å². The van der Waals surface area contributed by atoms with Gasteiger partial charge in [0.15, 0.2) is 0 Å². The number of nitrogens with zero attached hydrogens (tertiary/aromatic N) is 2. The summed E-state index contributed by atoms with van der Waals surface area (Å²) >= 11 is 0. The van der Waals surface area contributed by atoms with Crippen LogP contribution in [0.1, 0.15) is 11.4 Å². The molecule has 0 aliphatic carbocycles. The number of aromatic nitrogens is 2. The highest BCUT2D eigenvalue weighted by atomic mass is 16.5. The molecule has 0 bridgehead atoms. The molecule has 1 heterocycles. The van der Waals surface area contributed by atoms with Gasteiger partial charge in [0.2, 0.25) is 0 Å². The van der Waals surface area contributed by atoms with E-state index in [2.05, 4.69) is 0 Å². The molecule has 4 rings (SSSR count). The average Bonchev–Trinajstić information content (AvgIpc) is 3.10. The molecule has 0 saturated heterocycles. The van der Waals surface area contributed by atoms with Gasteiger partial charge >= 0.3 is 0 Å². The van der Waals surface area contributed by atoms with Gasteiger partial charge in [-0.2, -0.15) is 0 Å². The van der Waals surface area contributed by atoms with Gasteiger partial charge in [-0.25, -0.2) is 4.98 Å². The molecule has 0 fully saturated rings. The first kappa shape index (κ1) is 19.0. The first-order valence-corrected chi connectivity index (χ1v) is 9.68. The summed E-state index contributed by atoms with van der Waals surface area (Å²) in [6.45, 7) is 2.95. The fourth-order valence-electron chi connectivity index (χ4n) is 3.19. The highest BCUT2D eigenvalue weighted by molar-refractivity contribution is 5.75. The standard InChI is InChI=1S/C24H24N2O3/c1-18-11-13-21(14-12-18)29-17-24-25-22-9-5-6-10-23(22)26(24)15-19(27)16-28-20-7-3-2-4-8-20/h2-14,19,27H,15-17H2,1H3/t19-/m0/s1. The van der Waals surface area contributed by atoms with E-state index >= 15 is 0 Å². The van der Waals surface area contributed by atoms with E-state index in [0.717, 1.165) is 28.4 Å². The minimum atomic E-state index is -0.675. The zero-order chi connectivity index (χ0) is 20.1. The summed E-state index contributed by atoms with van der Waals surface area (Å²) in [4.78, 5) is 4.70. The molecule has 5 nitrogen and oxygen atoms in total. The van der Waals surface area contributed by atoms with Crippen LogP contribution in [0.2, 0.25) is 0 Å². The van der Waals surface area contributed by atoms with Crippen molar-refractivity contribution in [2.75, 3.05) is 6.61 Å². The molecule has 1 atom stereocenters. The predicted octanol–water partition coefficient (Wildman–Crippen LogP) is 4.36. The van der Waals surface area contributed by atoms with Crippen LogP contribution in [0.4, 0.5) is 0 Å². The molecule has 1 N–H and O–H groups in total. The second-order valence-corrected chi connectivity index (χ2v) is 7.01. The third-order valence-corrected chi connectivity index (χ3v) is 4.70. The quantitative estimate of drug-likeness (QED) is 0.487. The predicted molar refractivity (Wildman–Crippen MR) is 113 cm³/mol. The van der Waals surface area contributed by atoms with Crippen molar-refractivity contribution in [2.45, 2.75) is 26.2 Å². The molecule has 0 amide bonds.